The molecule has 0 unspecified atom stereocenters. The summed E-state index contributed by atoms with van der Waals surface area (Å²) in [6.07, 6.45) is -3.73. The van der Waals surface area contributed by atoms with Gasteiger partial charge in [0.1, 0.15) is 5.75 Å². The maximum atomic E-state index is 13.7. The first-order valence-corrected chi connectivity index (χ1v) is 7.29. The van der Waals surface area contributed by atoms with Crippen LogP contribution in [0.15, 0.2) is 52.3 Å². The zero-order valence-electron chi connectivity index (χ0n) is 24.0. The molecular formula is C18H23FN2OS. The van der Waals surface area contributed by atoms with Crippen LogP contribution >= 0.6 is 11.8 Å². The quantitative estimate of drug-likeness (QED) is 0.727. The molecule has 0 fully saturated rings. The second kappa shape index (κ2) is 8.79. The summed E-state index contributed by atoms with van der Waals surface area (Å²) in [6, 6.07) is 10.3. The third-order valence-corrected chi connectivity index (χ3v) is 3.98. The molecule has 2 aromatic carbocycles. The molecule has 5 heteroatoms. The molecule has 0 aromatic heterocycles. The number of hydrogen-bond donors (Lipinski definition) is 1. The topological polar surface area (TPSA) is 38.5 Å². The molecule has 0 spiro atoms. The Bertz CT molecular complexity index is 1030. The van der Waals surface area contributed by atoms with E-state index in [4.69, 9.17) is 26.9 Å². The van der Waals surface area contributed by atoms with Crippen molar-refractivity contribution in [1.29, 1.82) is 0 Å². The summed E-state index contributed by atoms with van der Waals surface area (Å²) in [5, 5.41) is 0. The molecule has 0 radical (unpaired) electrons. The summed E-state index contributed by atoms with van der Waals surface area (Å²) in [5.74, 6) is -0.403. The summed E-state index contributed by atoms with van der Waals surface area (Å²) >= 11 is 1.08. The lowest BCUT2D eigenvalue weighted by atomic mass is 10.2. The molecule has 0 amide bonds. The molecule has 2 rings (SSSR count). The normalized spacial score (nSPS) is 21.7. The third-order valence-electron chi connectivity index (χ3n) is 2.77. The highest BCUT2D eigenvalue weighted by molar-refractivity contribution is 7.99. The molecular weight excluding hydrogens is 310 g/mol. The van der Waals surface area contributed by atoms with E-state index in [1.165, 1.54) is 12.1 Å². The highest BCUT2D eigenvalue weighted by Gasteiger charge is 2.09. The lowest BCUT2D eigenvalue weighted by Crippen LogP contribution is -2.11. The van der Waals surface area contributed by atoms with E-state index in [0.717, 1.165) is 17.8 Å². The number of nitrogens with two attached hydrogens (primary N) is 1. The van der Waals surface area contributed by atoms with Crippen molar-refractivity contribution in [3.8, 4) is 5.75 Å². The second-order valence-corrected chi connectivity index (χ2v) is 5.50. The zero-order valence-corrected chi connectivity index (χ0v) is 12.8. The highest BCUT2D eigenvalue weighted by atomic mass is 32.2. The molecule has 0 bridgehead atoms. The Hall–Kier alpha value is -1.72. The van der Waals surface area contributed by atoms with Gasteiger partial charge in [-0.2, -0.15) is 0 Å². The number of benzene rings is 2. The van der Waals surface area contributed by atoms with Crippen LogP contribution in [-0.2, 0) is 6.54 Å². The zero-order chi connectivity index (χ0) is 27.0. The van der Waals surface area contributed by atoms with Crippen molar-refractivity contribution in [2.75, 3.05) is 32.9 Å². The smallest absolute Gasteiger partial charge is 0.119 e. The minimum absolute atomic E-state index is 0.0580. The van der Waals surface area contributed by atoms with E-state index < -0.39 is 45.8 Å². The fourth-order valence-electron chi connectivity index (χ4n) is 1.81. The molecule has 0 atom stereocenters. The SMILES string of the molecule is [2H]C([2H])([2H])N(Cc1cc(OC([2H])([2H])C([2H])([2H])C([2H])([2H])[18F])ccc1Sc1ccccc1N)C([2H])([2H])[2H]. The number of para-hydroxylation sites is 1. The minimum atomic E-state index is -4.10. The van der Waals surface area contributed by atoms with E-state index in [-0.39, 0.29) is 10.5 Å². The van der Waals surface area contributed by atoms with Crippen molar-refractivity contribution in [1.82, 2.24) is 4.90 Å². The molecule has 0 aliphatic carbocycles. The summed E-state index contributed by atoms with van der Waals surface area (Å²) in [5.41, 5.74) is 6.41. The molecule has 124 valence electrons. The molecule has 0 aliphatic heterocycles. The summed E-state index contributed by atoms with van der Waals surface area (Å²) in [7, 11) is 0. The first-order chi connectivity index (χ1) is 15.7. The number of nitrogen functional groups attached to an aromatic ring is 1. The van der Waals surface area contributed by atoms with Crippen molar-refractivity contribution in [3.63, 3.8) is 0 Å². The van der Waals surface area contributed by atoms with Crippen molar-refractivity contribution in [3.05, 3.63) is 48.0 Å². The summed E-state index contributed by atoms with van der Waals surface area (Å²) < 4.78 is 109. The van der Waals surface area contributed by atoms with Gasteiger partial charge in [0.05, 0.1) is 18.7 Å². The van der Waals surface area contributed by atoms with E-state index >= 15 is 0 Å². The van der Waals surface area contributed by atoms with Crippen molar-refractivity contribution >= 4 is 17.4 Å². The molecule has 0 saturated carbocycles. The molecule has 0 saturated heterocycles. The standard InChI is InChI=1S/C18H23FN2OS/c1-21(2)13-14-12-15(22-11-5-10-19)8-9-17(14)23-18-7-4-3-6-16(18)20/h3-4,6-9,12H,5,10-11,13,20H2,1-2H3/i1D3,2D3,5D2,10D2,11D2,19-1. The largest absolute Gasteiger partial charge is 0.493 e. The molecule has 2 N–H and O–H groups in total. The fourth-order valence-corrected chi connectivity index (χ4v) is 2.77. The van der Waals surface area contributed by atoms with Gasteiger partial charge in [-0.1, -0.05) is 23.9 Å². The first-order valence-electron chi connectivity index (χ1n) is 12.5. The average molecular weight is 346 g/mol. The van der Waals surface area contributed by atoms with Gasteiger partial charge in [0.2, 0.25) is 0 Å². The molecule has 3 nitrogen and oxygen atoms in total. The lowest BCUT2D eigenvalue weighted by molar-refractivity contribution is 0.288. The molecule has 0 aliphatic rings. The van der Waals surface area contributed by atoms with Gasteiger partial charge in [-0.25, -0.2) is 0 Å². The molecule has 23 heavy (non-hydrogen) atoms. The lowest BCUT2D eigenvalue weighted by Gasteiger charge is -2.16. The van der Waals surface area contributed by atoms with Gasteiger partial charge < -0.3 is 15.4 Å². The van der Waals surface area contributed by atoms with Gasteiger partial charge in [0.25, 0.3) is 0 Å². The second-order valence-electron chi connectivity index (χ2n) is 4.42. The number of halogens is 1. The fraction of sp³-hybridized carbons (Fsp3) is 0.333. The molecule has 0 heterocycles. The number of ether oxygens (including phenoxy) is 1. The van der Waals surface area contributed by atoms with Gasteiger partial charge in [0.15, 0.2) is 0 Å². The average Bonchev–Trinajstić information content (AvgIpc) is 2.66. The molecule has 2 aromatic rings. The predicted molar refractivity (Wildman–Crippen MR) is 94.9 cm³/mol. The first kappa shape index (κ1) is 7.45. The number of anilines is 1. The maximum absolute atomic E-state index is 13.7. The van der Waals surface area contributed by atoms with Crippen molar-refractivity contribution in [2.24, 2.45) is 0 Å². The number of rotatable bonds is 8. The minimum Gasteiger partial charge on any atom is -0.493 e. The van der Waals surface area contributed by atoms with E-state index in [9.17, 15) is 4.39 Å². The number of hydrogen-bond acceptors (Lipinski definition) is 4. The Labute approximate surface area is 158 Å². The Morgan fingerprint density at radius 2 is 2.09 bits per heavy atom. The maximum Gasteiger partial charge on any atom is 0.119 e. The van der Waals surface area contributed by atoms with E-state index in [1.54, 1.807) is 24.3 Å². The summed E-state index contributed by atoms with van der Waals surface area (Å²) in [4.78, 5) is 1.18. The van der Waals surface area contributed by atoms with Crippen LogP contribution in [-0.4, -0.2) is 32.0 Å². The van der Waals surface area contributed by atoms with Crippen LogP contribution < -0.4 is 10.5 Å². The monoisotopic (exact) mass is 345 g/mol. The Morgan fingerprint density at radius 3 is 2.83 bits per heavy atom. The summed E-state index contributed by atoms with van der Waals surface area (Å²) in [6.45, 7) is -14.3. The number of nitrogens with zero attached hydrogens (tertiary/aromatic N) is 1. The predicted octanol–water partition coefficient (Wildman–Crippen LogP) is 4.22. The van der Waals surface area contributed by atoms with E-state index in [0.29, 0.717) is 15.5 Å². The van der Waals surface area contributed by atoms with Gasteiger partial charge >= 0.3 is 0 Å². The Morgan fingerprint density at radius 1 is 1.26 bits per heavy atom. The van der Waals surface area contributed by atoms with Crippen molar-refractivity contribution in [2.45, 2.75) is 22.7 Å². The third kappa shape index (κ3) is 5.44. The van der Waals surface area contributed by atoms with Crippen LogP contribution in [0.2, 0.25) is 0 Å². The van der Waals surface area contributed by atoms with Gasteiger partial charge in [0, 0.05) is 39.4 Å². The Balaban J connectivity index is 2.56. The van der Waals surface area contributed by atoms with Crippen molar-refractivity contribution < 1.29 is 25.6 Å². The van der Waals surface area contributed by atoms with Crippen LogP contribution in [0.25, 0.3) is 0 Å². The number of alkyl halides is 1. The van der Waals surface area contributed by atoms with Gasteiger partial charge in [-0.3, -0.25) is 4.39 Å². The van der Waals surface area contributed by atoms with Gasteiger partial charge in [-0.05, 0) is 49.8 Å². The highest BCUT2D eigenvalue weighted by Crippen LogP contribution is 2.35. The van der Waals surface area contributed by atoms with Crippen LogP contribution in [0.4, 0.5) is 10.1 Å². The van der Waals surface area contributed by atoms with Crippen LogP contribution in [0.3, 0.4) is 0 Å². The van der Waals surface area contributed by atoms with E-state index in [2.05, 4.69) is 0 Å². The van der Waals surface area contributed by atoms with Crippen LogP contribution in [0.5, 0.6) is 5.75 Å². The van der Waals surface area contributed by atoms with Gasteiger partial charge in [-0.15, -0.1) is 0 Å². The van der Waals surface area contributed by atoms with Crippen LogP contribution in [0, 0.1) is 0 Å². The van der Waals surface area contributed by atoms with Crippen LogP contribution in [0.1, 0.15) is 28.4 Å². The van der Waals surface area contributed by atoms with E-state index in [1.807, 2.05) is 0 Å². The Kier molecular flexibility index (Phi) is 2.85.